The van der Waals surface area contributed by atoms with Crippen molar-refractivity contribution in [3.8, 4) is 11.1 Å². The molecule has 2 aliphatic rings. The minimum atomic E-state index is -0.987. The number of nitrogens with one attached hydrogen (secondary N) is 2. The van der Waals surface area contributed by atoms with Crippen LogP contribution in [0.4, 0.5) is 4.79 Å². The van der Waals surface area contributed by atoms with Crippen LogP contribution in [-0.4, -0.2) is 41.8 Å². The molecule has 7 heteroatoms. The Kier molecular flexibility index (Phi) is 5.91. The van der Waals surface area contributed by atoms with Crippen molar-refractivity contribution in [2.45, 2.75) is 51.1 Å². The standard InChI is InChI=1S/C25H28N2O5/c1-15(22(28)27-21-12-7-13-25(21,2)23(29)30)26-24(31)32-14-20-18-10-5-3-8-16(18)17-9-4-6-11-19(17)20/h3-6,8-11,15,20-21H,7,12-14H2,1-2H3,(H,26,31)(H,27,28)(H,29,30). The van der Waals surface area contributed by atoms with Crippen LogP contribution in [0.15, 0.2) is 48.5 Å². The molecule has 2 aromatic carbocycles. The summed E-state index contributed by atoms with van der Waals surface area (Å²) in [4.78, 5) is 36.6. The number of amides is 2. The van der Waals surface area contributed by atoms with Gasteiger partial charge in [0.05, 0.1) is 5.41 Å². The van der Waals surface area contributed by atoms with E-state index >= 15 is 0 Å². The number of aliphatic carboxylic acids is 1. The first kappa shape index (κ1) is 21.9. The number of alkyl carbamates (subject to hydrolysis) is 1. The molecule has 3 N–H and O–H groups in total. The fourth-order valence-electron chi connectivity index (χ4n) is 4.83. The molecule has 168 valence electrons. The summed E-state index contributed by atoms with van der Waals surface area (Å²) in [6.07, 6.45) is 1.18. The second-order valence-corrected chi connectivity index (χ2v) is 8.87. The molecule has 0 aromatic heterocycles. The SMILES string of the molecule is CC(NC(=O)OCC1c2ccccc2-c2ccccc21)C(=O)NC1CCCC1(C)C(=O)O. The van der Waals surface area contributed by atoms with Gasteiger partial charge in [-0.15, -0.1) is 0 Å². The lowest BCUT2D eigenvalue weighted by Crippen LogP contribution is -2.53. The molecule has 0 spiro atoms. The maximum Gasteiger partial charge on any atom is 0.407 e. The number of carboxylic acids is 1. The third kappa shape index (κ3) is 3.95. The first-order valence-electron chi connectivity index (χ1n) is 11.0. The molecule has 32 heavy (non-hydrogen) atoms. The Balaban J connectivity index is 1.34. The van der Waals surface area contributed by atoms with Gasteiger partial charge in [-0.1, -0.05) is 55.0 Å². The second-order valence-electron chi connectivity index (χ2n) is 8.87. The number of hydrogen-bond acceptors (Lipinski definition) is 4. The molecule has 2 aliphatic carbocycles. The lowest BCUT2D eigenvalue weighted by molar-refractivity contribution is -0.149. The van der Waals surface area contributed by atoms with E-state index in [2.05, 4.69) is 22.8 Å². The van der Waals surface area contributed by atoms with Gasteiger partial charge in [0, 0.05) is 12.0 Å². The summed E-state index contributed by atoms with van der Waals surface area (Å²) in [7, 11) is 0. The normalized spacial score (nSPS) is 22.5. The molecular weight excluding hydrogens is 408 g/mol. The van der Waals surface area contributed by atoms with Gasteiger partial charge in [-0.05, 0) is 48.9 Å². The number of carboxylic acid groups (broad SMARTS) is 1. The number of hydrogen-bond donors (Lipinski definition) is 3. The lowest BCUT2D eigenvalue weighted by Gasteiger charge is -2.28. The van der Waals surface area contributed by atoms with Crippen molar-refractivity contribution in [3.63, 3.8) is 0 Å². The molecule has 0 aliphatic heterocycles. The van der Waals surface area contributed by atoms with E-state index in [4.69, 9.17) is 4.74 Å². The summed E-state index contributed by atoms with van der Waals surface area (Å²) >= 11 is 0. The zero-order valence-electron chi connectivity index (χ0n) is 18.3. The Morgan fingerprint density at radius 3 is 2.28 bits per heavy atom. The van der Waals surface area contributed by atoms with Gasteiger partial charge in [0.15, 0.2) is 0 Å². The van der Waals surface area contributed by atoms with Crippen molar-refractivity contribution in [1.82, 2.24) is 10.6 Å². The maximum absolute atomic E-state index is 12.6. The average Bonchev–Trinajstić information content (AvgIpc) is 3.31. The predicted molar refractivity (Wildman–Crippen MR) is 119 cm³/mol. The molecule has 2 amide bonds. The first-order chi connectivity index (χ1) is 15.3. The molecule has 7 nitrogen and oxygen atoms in total. The van der Waals surface area contributed by atoms with Crippen molar-refractivity contribution in [3.05, 3.63) is 59.7 Å². The van der Waals surface area contributed by atoms with Crippen molar-refractivity contribution in [2.75, 3.05) is 6.61 Å². The van der Waals surface area contributed by atoms with Crippen LogP contribution in [0.3, 0.4) is 0 Å². The van der Waals surface area contributed by atoms with Crippen LogP contribution >= 0.6 is 0 Å². The monoisotopic (exact) mass is 436 g/mol. The lowest BCUT2D eigenvalue weighted by atomic mass is 9.85. The predicted octanol–water partition coefficient (Wildman–Crippen LogP) is 3.67. The summed E-state index contributed by atoms with van der Waals surface area (Å²) in [5.41, 5.74) is 3.52. The van der Waals surface area contributed by atoms with Crippen molar-refractivity contribution >= 4 is 18.0 Å². The molecule has 3 atom stereocenters. The van der Waals surface area contributed by atoms with E-state index in [1.54, 1.807) is 13.8 Å². The van der Waals surface area contributed by atoms with E-state index in [-0.39, 0.29) is 12.5 Å². The van der Waals surface area contributed by atoms with Crippen molar-refractivity contribution in [2.24, 2.45) is 5.41 Å². The molecule has 2 aromatic rings. The van der Waals surface area contributed by atoms with E-state index in [1.807, 2.05) is 36.4 Å². The zero-order valence-corrected chi connectivity index (χ0v) is 18.3. The second kappa shape index (κ2) is 8.65. The molecular formula is C25H28N2O5. The minimum absolute atomic E-state index is 0.0629. The van der Waals surface area contributed by atoms with Crippen molar-refractivity contribution < 1.29 is 24.2 Å². The van der Waals surface area contributed by atoms with Gasteiger partial charge in [0.1, 0.15) is 12.6 Å². The smallest absolute Gasteiger partial charge is 0.407 e. The maximum atomic E-state index is 12.6. The van der Waals surface area contributed by atoms with Crippen LogP contribution in [0.2, 0.25) is 0 Å². The molecule has 3 unspecified atom stereocenters. The summed E-state index contributed by atoms with van der Waals surface area (Å²) in [5.74, 6) is -1.40. The van der Waals surface area contributed by atoms with E-state index in [0.717, 1.165) is 28.7 Å². The summed E-state index contributed by atoms with van der Waals surface area (Å²) in [6, 6.07) is 14.8. The van der Waals surface area contributed by atoms with Crippen LogP contribution in [0.25, 0.3) is 11.1 Å². The van der Waals surface area contributed by atoms with E-state index in [0.29, 0.717) is 12.8 Å². The number of rotatable bonds is 6. The zero-order chi connectivity index (χ0) is 22.9. The Morgan fingerprint density at radius 1 is 1.09 bits per heavy atom. The number of fused-ring (bicyclic) bond motifs is 3. The molecule has 1 fully saturated rings. The fourth-order valence-corrected chi connectivity index (χ4v) is 4.83. The third-order valence-corrected chi connectivity index (χ3v) is 6.83. The minimum Gasteiger partial charge on any atom is -0.481 e. The van der Waals surface area contributed by atoms with Gasteiger partial charge < -0.3 is 20.5 Å². The summed E-state index contributed by atoms with van der Waals surface area (Å²) < 4.78 is 5.49. The average molecular weight is 437 g/mol. The Morgan fingerprint density at radius 2 is 1.69 bits per heavy atom. The number of carbonyl (C=O) groups is 3. The Labute approximate surface area is 187 Å². The highest BCUT2D eigenvalue weighted by atomic mass is 16.5. The quantitative estimate of drug-likeness (QED) is 0.641. The summed E-state index contributed by atoms with van der Waals surface area (Å²) in [5, 5.41) is 14.9. The first-order valence-corrected chi connectivity index (χ1v) is 11.0. The highest BCUT2D eigenvalue weighted by Crippen LogP contribution is 2.44. The fraction of sp³-hybridized carbons (Fsp3) is 0.400. The number of carbonyl (C=O) groups excluding carboxylic acids is 2. The van der Waals surface area contributed by atoms with Gasteiger partial charge in [-0.3, -0.25) is 9.59 Å². The van der Waals surface area contributed by atoms with E-state index < -0.39 is 35.5 Å². The molecule has 0 heterocycles. The van der Waals surface area contributed by atoms with Crippen LogP contribution in [0.5, 0.6) is 0 Å². The van der Waals surface area contributed by atoms with Crippen LogP contribution in [0.1, 0.15) is 50.2 Å². The topological polar surface area (TPSA) is 105 Å². The number of benzene rings is 2. The van der Waals surface area contributed by atoms with Gasteiger partial charge >= 0.3 is 12.1 Å². The number of ether oxygens (including phenoxy) is 1. The third-order valence-electron chi connectivity index (χ3n) is 6.83. The Bertz CT molecular complexity index is 1010. The van der Waals surface area contributed by atoms with Gasteiger partial charge in [-0.2, -0.15) is 0 Å². The molecule has 0 radical (unpaired) electrons. The van der Waals surface area contributed by atoms with Gasteiger partial charge in [0.2, 0.25) is 5.91 Å². The highest BCUT2D eigenvalue weighted by molar-refractivity contribution is 5.86. The molecule has 4 rings (SSSR count). The van der Waals surface area contributed by atoms with E-state index in [1.165, 1.54) is 0 Å². The van der Waals surface area contributed by atoms with Gasteiger partial charge in [-0.25, -0.2) is 4.79 Å². The molecule has 0 saturated heterocycles. The van der Waals surface area contributed by atoms with E-state index in [9.17, 15) is 19.5 Å². The van der Waals surface area contributed by atoms with Crippen molar-refractivity contribution in [1.29, 1.82) is 0 Å². The Hall–Kier alpha value is -3.35. The molecule has 0 bridgehead atoms. The molecule has 1 saturated carbocycles. The van der Waals surface area contributed by atoms with Crippen LogP contribution in [0, 0.1) is 5.41 Å². The van der Waals surface area contributed by atoms with Gasteiger partial charge in [0.25, 0.3) is 0 Å². The summed E-state index contributed by atoms with van der Waals surface area (Å²) in [6.45, 7) is 3.37. The largest absolute Gasteiger partial charge is 0.481 e. The van der Waals surface area contributed by atoms with Crippen LogP contribution in [-0.2, 0) is 14.3 Å². The highest BCUT2D eigenvalue weighted by Gasteiger charge is 2.46. The van der Waals surface area contributed by atoms with Crippen LogP contribution < -0.4 is 10.6 Å².